The van der Waals surface area contributed by atoms with Gasteiger partial charge in [-0.2, -0.15) is 4.98 Å². The van der Waals surface area contributed by atoms with Gasteiger partial charge in [0.25, 0.3) is 5.91 Å². The van der Waals surface area contributed by atoms with Gasteiger partial charge >= 0.3 is 0 Å². The fourth-order valence-corrected chi connectivity index (χ4v) is 4.21. The molecule has 1 amide bonds. The zero-order valence-corrected chi connectivity index (χ0v) is 20.0. The number of para-hydroxylation sites is 1. The van der Waals surface area contributed by atoms with E-state index in [1.807, 2.05) is 50.2 Å². The highest BCUT2D eigenvalue weighted by Crippen LogP contribution is 2.40. The second kappa shape index (κ2) is 9.60. The zero-order chi connectivity index (χ0) is 24.4. The van der Waals surface area contributed by atoms with Gasteiger partial charge in [0.1, 0.15) is 11.8 Å². The van der Waals surface area contributed by atoms with Crippen molar-refractivity contribution >= 4 is 29.1 Å². The van der Waals surface area contributed by atoms with E-state index < -0.39 is 6.04 Å². The normalized spacial score (nSPS) is 14.8. The Kier molecular flexibility index (Phi) is 6.20. The first-order valence-corrected chi connectivity index (χ1v) is 11.6. The van der Waals surface area contributed by atoms with Crippen molar-refractivity contribution in [2.75, 3.05) is 17.2 Å². The third kappa shape index (κ3) is 4.48. The molecule has 35 heavy (non-hydrogen) atoms. The molecular formula is C26H23ClN6O2. The Morgan fingerprint density at radius 1 is 1.14 bits per heavy atom. The summed E-state index contributed by atoms with van der Waals surface area (Å²) in [6.45, 7) is 4.27. The molecule has 176 valence electrons. The molecule has 0 radical (unpaired) electrons. The van der Waals surface area contributed by atoms with Crippen molar-refractivity contribution in [3.05, 3.63) is 94.9 Å². The highest BCUT2D eigenvalue weighted by Gasteiger charge is 2.36. The highest BCUT2D eigenvalue weighted by atomic mass is 35.5. The van der Waals surface area contributed by atoms with Gasteiger partial charge in [-0.05, 0) is 56.3 Å². The van der Waals surface area contributed by atoms with Crippen LogP contribution in [-0.2, 0) is 4.79 Å². The van der Waals surface area contributed by atoms with Gasteiger partial charge in [-0.25, -0.2) is 4.68 Å². The van der Waals surface area contributed by atoms with E-state index in [2.05, 4.69) is 15.6 Å². The topological polar surface area (TPSA) is 94.0 Å². The Bertz CT molecular complexity index is 1400. The predicted molar refractivity (Wildman–Crippen MR) is 135 cm³/mol. The van der Waals surface area contributed by atoms with Gasteiger partial charge < -0.3 is 15.4 Å². The third-order valence-electron chi connectivity index (χ3n) is 5.63. The largest absolute Gasteiger partial charge is 0.494 e. The van der Waals surface area contributed by atoms with Crippen molar-refractivity contribution in [1.29, 1.82) is 0 Å². The predicted octanol–water partition coefficient (Wildman–Crippen LogP) is 5.32. The second-order valence-corrected chi connectivity index (χ2v) is 8.38. The lowest BCUT2D eigenvalue weighted by atomic mass is 9.94. The molecule has 0 bridgehead atoms. The van der Waals surface area contributed by atoms with Gasteiger partial charge in [0.2, 0.25) is 5.95 Å². The van der Waals surface area contributed by atoms with Crippen molar-refractivity contribution in [1.82, 2.24) is 19.7 Å². The number of rotatable bonds is 6. The fraction of sp³-hybridized carbons (Fsp3) is 0.154. The van der Waals surface area contributed by atoms with E-state index in [9.17, 15) is 4.79 Å². The van der Waals surface area contributed by atoms with Crippen molar-refractivity contribution in [3.8, 4) is 17.1 Å². The molecule has 5 rings (SSSR count). The van der Waals surface area contributed by atoms with Gasteiger partial charge in [0.05, 0.1) is 24.1 Å². The quantitative estimate of drug-likeness (QED) is 0.383. The van der Waals surface area contributed by atoms with Crippen LogP contribution in [0.3, 0.4) is 0 Å². The minimum Gasteiger partial charge on any atom is -0.494 e. The molecule has 0 spiro atoms. The number of nitrogens with zero attached hydrogens (tertiary/aromatic N) is 4. The molecule has 8 nitrogen and oxygen atoms in total. The maximum atomic E-state index is 13.6. The monoisotopic (exact) mass is 486 g/mol. The summed E-state index contributed by atoms with van der Waals surface area (Å²) in [5.41, 5.74) is 3.39. The fourth-order valence-electron chi connectivity index (χ4n) is 4.08. The number of benzene rings is 2. The number of hydrogen-bond donors (Lipinski definition) is 2. The lowest BCUT2D eigenvalue weighted by Crippen LogP contribution is -2.31. The van der Waals surface area contributed by atoms with Crippen LogP contribution in [0.5, 0.6) is 5.75 Å². The van der Waals surface area contributed by atoms with Gasteiger partial charge in [-0.3, -0.25) is 9.78 Å². The van der Waals surface area contributed by atoms with Crippen molar-refractivity contribution in [2.45, 2.75) is 19.9 Å². The maximum Gasteiger partial charge on any atom is 0.255 e. The summed E-state index contributed by atoms with van der Waals surface area (Å²) in [5, 5.41) is 11.6. The molecule has 2 aromatic carbocycles. The van der Waals surface area contributed by atoms with Crippen LogP contribution < -0.4 is 15.4 Å². The van der Waals surface area contributed by atoms with Crippen LogP contribution in [0, 0.1) is 0 Å². The van der Waals surface area contributed by atoms with E-state index in [0.29, 0.717) is 46.1 Å². The van der Waals surface area contributed by atoms with Crippen LogP contribution in [0.1, 0.15) is 25.5 Å². The number of amides is 1. The number of halogens is 1. The number of allylic oxidation sites excluding steroid dienone is 1. The molecule has 1 unspecified atom stereocenters. The molecule has 2 N–H and O–H groups in total. The Hall–Kier alpha value is -4.17. The third-order valence-corrected chi connectivity index (χ3v) is 5.88. The summed E-state index contributed by atoms with van der Waals surface area (Å²) < 4.78 is 7.66. The molecule has 9 heteroatoms. The molecule has 3 heterocycles. The van der Waals surface area contributed by atoms with Crippen molar-refractivity contribution in [3.63, 3.8) is 0 Å². The molecule has 4 aromatic rings. The van der Waals surface area contributed by atoms with E-state index in [1.54, 1.807) is 41.3 Å². The molecule has 1 aliphatic heterocycles. The minimum absolute atomic E-state index is 0.270. The number of aromatic nitrogens is 4. The standard InChI is InChI=1S/C26H23ClN6O2/c1-3-35-21-9-5-4-8-20(21)23-22(25(34)30-19-7-6-14-28-15-19)16(2)29-26-31-24(32-33(23)26)17-10-12-18(27)13-11-17/h4-15,23H,3H2,1-2H3,(H,30,34)(H,29,31,32). The summed E-state index contributed by atoms with van der Waals surface area (Å²) in [6, 6.07) is 18.0. The van der Waals surface area contributed by atoms with Gasteiger partial charge in [0.15, 0.2) is 5.82 Å². The van der Waals surface area contributed by atoms with E-state index >= 15 is 0 Å². The van der Waals surface area contributed by atoms with Crippen molar-refractivity contribution < 1.29 is 9.53 Å². The number of anilines is 2. The zero-order valence-electron chi connectivity index (χ0n) is 19.2. The van der Waals surface area contributed by atoms with Gasteiger partial charge in [-0.1, -0.05) is 29.8 Å². The highest BCUT2D eigenvalue weighted by molar-refractivity contribution is 6.30. The summed E-state index contributed by atoms with van der Waals surface area (Å²) in [7, 11) is 0. The summed E-state index contributed by atoms with van der Waals surface area (Å²) in [4.78, 5) is 22.4. The van der Waals surface area contributed by atoms with Crippen LogP contribution in [0.25, 0.3) is 11.4 Å². The van der Waals surface area contributed by atoms with Crippen LogP contribution in [-0.4, -0.2) is 32.3 Å². The molecule has 1 atom stereocenters. The van der Waals surface area contributed by atoms with Gasteiger partial charge in [-0.15, -0.1) is 5.10 Å². The van der Waals surface area contributed by atoms with Crippen molar-refractivity contribution in [2.24, 2.45) is 0 Å². The smallest absolute Gasteiger partial charge is 0.255 e. The summed E-state index contributed by atoms with van der Waals surface area (Å²) in [6.07, 6.45) is 3.26. The summed E-state index contributed by atoms with van der Waals surface area (Å²) >= 11 is 6.06. The van der Waals surface area contributed by atoms with E-state index in [0.717, 1.165) is 11.1 Å². The lowest BCUT2D eigenvalue weighted by Gasteiger charge is -2.29. The Morgan fingerprint density at radius 3 is 2.69 bits per heavy atom. The first-order chi connectivity index (χ1) is 17.0. The first kappa shape index (κ1) is 22.6. The van der Waals surface area contributed by atoms with Crippen LogP contribution >= 0.6 is 11.6 Å². The molecule has 0 fully saturated rings. The lowest BCUT2D eigenvalue weighted by molar-refractivity contribution is -0.113. The number of nitrogens with one attached hydrogen (secondary N) is 2. The average molecular weight is 487 g/mol. The van der Waals surface area contributed by atoms with E-state index in [-0.39, 0.29) is 5.91 Å². The Labute approximate surface area is 207 Å². The number of carbonyl (C=O) groups excluding carboxylic acids is 1. The second-order valence-electron chi connectivity index (χ2n) is 7.94. The summed E-state index contributed by atoms with van der Waals surface area (Å²) in [5.74, 6) is 1.45. The number of pyridine rings is 1. The molecule has 0 saturated heterocycles. The van der Waals surface area contributed by atoms with Gasteiger partial charge in [0, 0.05) is 28.0 Å². The van der Waals surface area contributed by atoms with Crippen LogP contribution in [0.4, 0.5) is 11.6 Å². The van der Waals surface area contributed by atoms with Crippen LogP contribution in [0.2, 0.25) is 5.02 Å². The number of carbonyl (C=O) groups is 1. The first-order valence-electron chi connectivity index (χ1n) is 11.2. The number of ether oxygens (including phenoxy) is 1. The molecule has 0 aliphatic carbocycles. The number of fused-ring (bicyclic) bond motifs is 1. The number of hydrogen-bond acceptors (Lipinski definition) is 6. The molecule has 1 aliphatic rings. The maximum absolute atomic E-state index is 13.6. The van der Waals surface area contributed by atoms with E-state index in [1.165, 1.54) is 0 Å². The SMILES string of the molecule is CCOc1ccccc1C1C(C(=O)Nc2cccnc2)=C(C)Nc2nc(-c3ccc(Cl)cc3)nn21. The Balaban J connectivity index is 1.63. The molecule has 2 aromatic heterocycles. The van der Waals surface area contributed by atoms with E-state index in [4.69, 9.17) is 26.4 Å². The molecular weight excluding hydrogens is 464 g/mol. The minimum atomic E-state index is -0.570. The average Bonchev–Trinajstić information content (AvgIpc) is 3.28. The van der Waals surface area contributed by atoms with Crippen LogP contribution in [0.15, 0.2) is 84.3 Å². The Morgan fingerprint density at radius 2 is 1.94 bits per heavy atom. The molecule has 0 saturated carbocycles.